The van der Waals surface area contributed by atoms with Gasteiger partial charge in [-0.05, 0) is 55.8 Å². The smallest absolute Gasteiger partial charge is 0.263 e. The zero-order valence-electron chi connectivity index (χ0n) is 17.7. The molecule has 0 saturated carbocycles. The minimum atomic E-state index is -0.732. The lowest BCUT2D eigenvalue weighted by molar-refractivity contribution is -0.114. The molecule has 8 heteroatoms. The first-order valence-corrected chi connectivity index (χ1v) is 11.5. The second-order valence-electron chi connectivity index (χ2n) is 7.48. The number of benzene rings is 2. The molecule has 4 aromatic rings. The van der Waals surface area contributed by atoms with Gasteiger partial charge in [0, 0.05) is 33.1 Å². The number of thiophene rings is 1. The van der Waals surface area contributed by atoms with E-state index in [2.05, 4.69) is 26.2 Å². The molecule has 0 bridgehead atoms. The van der Waals surface area contributed by atoms with Crippen molar-refractivity contribution in [1.29, 1.82) is 0 Å². The van der Waals surface area contributed by atoms with Crippen LogP contribution in [0.3, 0.4) is 0 Å². The number of carbonyl (C=O) groups is 2. The van der Waals surface area contributed by atoms with Gasteiger partial charge in [-0.25, -0.2) is 4.98 Å². The highest BCUT2D eigenvalue weighted by atomic mass is 79.9. The average molecular weight is 510 g/mol. The summed E-state index contributed by atoms with van der Waals surface area (Å²) >= 11 is 4.91. The maximum atomic E-state index is 13.5. The molecule has 2 heterocycles. The number of rotatable bonds is 5. The maximum Gasteiger partial charge on any atom is 0.263 e. The van der Waals surface area contributed by atoms with E-state index in [4.69, 9.17) is 0 Å². The molecular formula is C24H20BrN3O3S. The summed E-state index contributed by atoms with van der Waals surface area (Å²) in [5, 5.41) is 3.20. The van der Waals surface area contributed by atoms with Crippen LogP contribution in [0.15, 0.2) is 64.1 Å². The number of carbonyl (C=O) groups excluding carboxylic acids is 2. The van der Waals surface area contributed by atoms with Gasteiger partial charge in [-0.2, -0.15) is 0 Å². The second kappa shape index (κ2) is 8.80. The van der Waals surface area contributed by atoms with Gasteiger partial charge >= 0.3 is 0 Å². The van der Waals surface area contributed by atoms with Crippen molar-refractivity contribution in [2.45, 2.75) is 26.8 Å². The molecule has 0 spiro atoms. The Morgan fingerprint density at radius 2 is 1.75 bits per heavy atom. The Balaban J connectivity index is 1.74. The number of hydrogen-bond acceptors (Lipinski definition) is 5. The second-order valence-corrected chi connectivity index (χ2v) is 9.59. The monoisotopic (exact) mass is 509 g/mol. The van der Waals surface area contributed by atoms with Crippen LogP contribution in [0.5, 0.6) is 0 Å². The molecule has 32 heavy (non-hydrogen) atoms. The van der Waals surface area contributed by atoms with Crippen LogP contribution in [-0.2, 0) is 4.79 Å². The third kappa shape index (κ3) is 4.16. The van der Waals surface area contributed by atoms with Crippen LogP contribution in [0, 0.1) is 6.92 Å². The highest BCUT2D eigenvalue weighted by molar-refractivity contribution is 9.10. The Kier molecular flexibility index (Phi) is 6.08. The lowest BCUT2D eigenvalue weighted by atomic mass is 10.0. The number of hydrogen-bond donors (Lipinski definition) is 1. The summed E-state index contributed by atoms with van der Waals surface area (Å²) in [6, 6.07) is 13.7. The van der Waals surface area contributed by atoms with Gasteiger partial charge in [-0.3, -0.25) is 19.0 Å². The molecule has 1 unspecified atom stereocenters. The third-order valence-electron chi connectivity index (χ3n) is 5.23. The van der Waals surface area contributed by atoms with Gasteiger partial charge in [0.15, 0.2) is 5.78 Å². The molecule has 0 aliphatic carbocycles. The van der Waals surface area contributed by atoms with Crippen LogP contribution in [0.2, 0.25) is 0 Å². The van der Waals surface area contributed by atoms with Crippen LogP contribution in [-0.4, -0.2) is 21.2 Å². The van der Waals surface area contributed by atoms with E-state index in [1.54, 1.807) is 31.2 Å². The SMILES string of the molecule is CC(=O)Nc1ccc(C(=O)C(C)n2cnc3sc(C)c(-c4ccc(Br)cc4)c3c2=O)cc1. The summed E-state index contributed by atoms with van der Waals surface area (Å²) < 4.78 is 2.35. The Morgan fingerprint density at radius 3 is 2.38 bits per heavy atom. The average Bonchev–Trinajstić information content (AvgIpc) is 3.10. The lowest BCUT2D eigenvalue weighted by Gasteiger charge is -2.14. The largest absolute Gasteiger partial charge is 0.326 e. The highest BCUT2D eigenvalue weighted by Gasteiger charge is 2.22. The fraction of sp³-hybridized carbons (Fsp3) is 0.167. The van der Waals surface area contributed by atoms with E-state index in [1.165, 1.54) is 29.2 Å². The maximum absolute atomic E-state index is 13.5. The van der Waals surface area contributed by atoms with Crippen LogP contribution in [0.25, 0.3) is 21.3 Å². The molecule has 2 aromatic heterocycles. The van der Waals surface area contributed by atoms with Crippen LogP contribution < -0.4 is 10.9 Å². The van der Waals surface area contributed by atoms with Gasteiger partial charge in [0.1, 0.15) is 4.83 Å². The van der Waals surface area contributed by atoms with Crippen LogP contribution >= 0.6 is 27.3 Å². The summed E-state index contributed by atoms with van der Waals surface area (Å²) in [6.45, 7) is 5.08. The zero-order chi connectivity index (χ0) is 23.0. The lowest BCUT2D eigenvalue weighted by Crippen LogP contribution is -2.28. The van der Waals surface area contributed by atoms with E-state index in [9.17, 15) is 14.4 Å². The van der Waals surface area contributed by atoms with E-state index < -0.39 is 6.04 Å². The molecule has 0 fully saturated rings. The summed E-state index contributed by atoms with van der Waals surface area (Å²) in [5.41, 5.74) is 2.60. The Hall–Kier alpha value is -3.10. The molecular weight excluding hydrogens is 490 g/mol. The molecule has 4 rings (SSSR count). The summed E-state index contributed by atoms with van der Waals surface area (Å²) in [7, 11) is 0. The fourth-order valence-corrected chi connectivity index (χ4v) is 4.91. The summed E-state index contributed by atoms with van der Waals surface area (Å²) in [4.78, 5) is 43.9. The first-order valence-electron chi connectivity index (χ1n) is 9.94. The first kappa shape index (κ1) is 22.1. The van der Waals surface area contributed by atoms with Crippen molar-refractivity contribution in [1.82, 2.24) is 9.55 Å². The standard InChI is InChI=1S/C24H20BrN3O3S/c1-13(22(30)17-6-10-19(11-7-17)27-15(3)29)28-12-26-23-21(24(28)31)20(14(2)32-23)16-4-8-18(25)9-5-16/h4-13H,1-3H3,(H,27,29). The van der Waals surface area contributed by atoms with Gasteiger partial charge in [0.05, 0.1) is 17.8 Å². The fourth-order valence-electron chi connectivity index (χ4n) is 3.64. The van der Waals surface area contributed by atoms with Crippen molar-refractivity contribution in [3.05, 3.63) is 80.1 Å². The van der Waals surface area contributed by atoms with E-state index in [-0.39, 0.29) is 17.2 Å². The Morgan fingerprint density at radius 1 is 1.09 bits per heavy atom. The van der Waals surface area contributed by atoms with Crippen molar-refractivity contribution < 1.29 is 9.59 Å². The predicted molar refractivity (Wildman–Crippen MR) is 132 cm³/mol. The van der Waals surface area contributed by atoms with Crippen molar-refractivity contribution in [2.24, 2.45) is 0 Å². The molecule has 162 valence electrons. The van der Waals surface area contributed by atoms with Gasteiger partial charge < -0.3 is 5.32 Å². The van der Waals surface area contributed by atoms with Gasteiger partial charge in [-0.15, -0.1) is 11.3 Å². The van der Waals surface area contributed by atoms with Gasteiger partial charge in [0.25, 0.3) is 5.56 Å². The number of aromatic nitrogens is 2. The topological polar surface area (TPSA) is 81.1 Å². The van der Waals surface area contributed by atoms with Crippen molar-refractivity contribution in [2.75, 3.05) is 5.32 Å². The van der Waals surface area contributed by atoms with Gasteiger partial charge in [0.2, 0.25) is 5.91 Å². The highest BCUT2D eigenvalue weighted by Crippen LogP contribution is 2.36. The number of Topliss-reactive ketones (excluding diaryl/α,β-unsaturated/α-hetero) is 1. The molecule has 0 saturated heterocycles. The molecule has 1 atom stereocenters. The number of nitrogens with zero attached hydrogens (tertiary/aromatic N) is 2. The Labute approximate surface area is 197 Å². The van der Waals surface area contributed by atoms with E-state index in [1.807, 2.05) is 31.2 Å². The van der Waals surface area contributed by atoms with Crippen LogP contribution in [0.4, 0.5) is 5.69 Å². The first-order chi connectivity index (χ1) is 15.3. The van der Waals surface area contributed by atoms with Crippen molar-refractivity contribution >= 4 is 54.9 Å². The summed E-state index contributed by atoms with van der Waals surface area (Å²) in [5.74, 6) is -0.393. The number of fused-ring (bicyclic) bond motifs is 1. The number of halogens is 1. The number of nitrogens with one attached hydrogen (secondary N) is 1. The molecule has 0 radical (unpaired) electrons. The predicted octanol–water partition coefficient (Wildman–Crippen LogP) is 5.60. The van der Waals surface area contributed by atoms with Crippen LogP contribution in [0.1, 0.15) is 35.1 Å². The molecule has 0 aliphatic rings. The molecule has 1 amide bonds. The number of aryl methyl sites for hydroxylation is 1. The molecule has 6 nitrogen and oxygen atoms in total. The molecule has 1 N–H and O–H groups in total. The minimum Gasteiger partial charge on any atom is -0.326 e. The number of anilines is 1. The van der Waals surface area contributed by atoms with Crippen molar-refractivity contribution in [3.8, 4) is 11.1 Å². The minimum absolute atomic E-state index is 0.184. The third-order valence-corrected chi connectivity index (χ3v) is 6.77. The van der Waals surface area contributed by atoms with E-state index in [0.717, 1.165) is 20.5 Å². The van der Waals surface area contributed by atoms with Gasteiger partial charge in [-0.1, -0.05) is 28.1 Å². The van der Waals surface area contributed by atoms with E-state index >= 15 is 0 Å². The molecule has 0 aliphatic heterocycles. The number of ketones is 1. The summed E-state index contributed by atoms with van der Waals surface area (Å²) in [6.07, 6.45) is 1.44. The number of amides is 1. The normalized spacial score (nSPS) is 12.0. The van der Waals surface area contributed by atoms with E-state index in [0.29, 0.717) is 21.5 Å². The van der Waals surface area contributed by atoms with Crippen molar-refractivity contribution in [3.63, 3.8) is 0 Å². The quantitative estimate of drug-likeness (QED) is 0.355. The molecule has 2 aromatic carbocycles. The zero-order valence-corrected chi connectivity index (χ0v) is 20.1. The Bertz CT molecular complexity index is 1390.